The van der Waals surface area contributed by atoms with Gasteiger partial charge in [0.15, 0.2) is 11.5 Å². The van der Waals surface area contributed by atoms with Crippen molar-refractivity contribution in [2.24, 2.45) is 0 Å². The van der Waals surface area contributed by atoms with E-state index in [1.54, 1.807) is 30.0 Å². The van der Waals surface area contributed by atoms with Gasteiger partial charge in [0, 0.05) is 17.8 Å². The predicted molar refractivity (Wildman–Crippen MR) is 115 cm³/mol. The maximum atomic E-state index is 13.1. The van der Waals surface area contributed by atoms with E-state index in [0.717, 1.165) is 15.3 Å². The third-order valence-corrected chi connectivity index (χ3v) is 6.56. The predicted octanol–water partition coefficient (Wildman–Crippen LogP) is 3.03. The number of carbonyl (C=O) groups is 3. The van der Waals surface area contributed by atoms with Crippen LogP contribution in [0.3, 0.4) is 0 Å². The molecule has 1 aromatic heterocycles. The van der Waals surface area contributed by atoms with Gasteiger partial charge >= 0.3 is 6.03 Å². The number of ether oxygens (including phenoxy) is 2. The molecule has 10 heteroatoms. The van der Waals surface area contributed by atoms with Crippen molar-refractivity contribution in [3.8, 4) is 11.5 Å². The van der Waals surface area contributed by atoms with Crippen molar-refractivity contribution in [3.63, 3.8) is 0 Å². The molecule has 2 aliphatic rings. The van der Waals surface area contributed by atoms with Crippen LogP contribution in [0.2, 0.25) is 4.34 Å². The topological polar surface area (TPSA) is 88.2 Å². The van der Waals surface area contributed by atoms with Crippen molar-refractivity contribution in [3.05, 3.63) is 45.1 Å². The number of nitrogens with zero attached hydrogens (tertiary/aromatic N) is 2. The van der Waals surface area contributed by atoms with Crippen LogP contribution in [0, 0.1) is 0 Å². The molecule has 1 N–H and O–H groups in total. The van der Waals surface area contributed by atoms with Crippen LogP contribution in [0.1, 0.15) is 24.3 Å². The Bertz CT molecular complexity index is 1040. The zero-order valence-corrected chi connectivity index (χ0v) is 18.7. The first-order chi connectivity index (χ1) is 14.8. The van der Waals surface area contributed by atoms with Crippen LogP contribution in [0.4, 0.5) is 4.79 Å². The lowest BCUT2D eigenvalue weighted by molar-refractivity contribution is -0.139. The third-order valence-electron chi connectivity index (χ3n) is 5.34. The Kier molecular flexibility index (Phi) is 5.81. The largest absolute Gasteiger partial charge is 0.454 e. The number of urea groups is 1. The van der Waals surface area contributed by atoms with E-state index in [-0.39, 0.29) is 25.7 Å². The van der Waals surface area contributed by atoms with E-state index in [2.05, 4.69) is 5.32 Å². The van der Waals surface area contributed by atoms with Gasteiger partial charge in [0.05, 0.1) is 10.9 Å². The molecule has 0 unspecified atom stereocenters. The van der Waals surface area contributed by atoms with Crippen molar-refractivity contribution in [2.45, 2.75) is 32.4 Å². The van der Waals surface area contributed by atoms with Gasteiger partial charge in [-0.3, -0.25) is 14.5 Å². The average molecular weight is 464 g/mol. The molecule has 0 aliphatic carbocycles. The summed E-state index contributed by atoms with van der Waals surface area (Å²) in [4.78, 5) is 42.0. The van der Waals surface area contributed by atoms with Crippen LogP contribution in [-0.2, 0) is 22.6 Å². The lowest BCUT2D eigenvalue weighted by Crippen LogP contribution is -2.47. The molecule has 1 aromatic carbocycles. The summed E-state index contributed by atoms with van der Waals surface area (Å²) in [5.41, 5.74) is -0.332. The van der Waals surface area contributed by atoms with E-state index in [9.17, 15) is 14.4 Å². The number of halogens is 1. The molecule has 1 saturated heterocycles. The van der Waals surface area contributed by atoms with E-state index >= 15 is 0 Å². The maximum Gasteiger partial charge on any atom is 0.325 e. The zero-order chi connectivity index (χ0) is 22.2. The van der Waals surface area contributed by atoms with Gasteiger partial charge in [0.1, 0.15) is 12.1 Å². The summed E-state index contributed by atoms with van der Waals surface area (Å²) in [6.07, 6.45) is 0.268. The van der Waals surface area contributed by atoms with Crippen molar-refractivity contribution >= 4 is 40.8 Å². The van der Waals surface area contributed by atoms with Gasteiger partial charge in [-0.1, -0.05) is 17.7 Å². The Morgan fingerprint density at radius 2 is 2.03 bits per heavy atom. The van der Waals surface area contributed by atoms with Gasteiger partial charge in [-0.2, -0.15) is 0 Å². The van der Waals surface area contributed by atoms with Gasteiger partial charge < -0.3 is 19.7 Å². The minimum atomic E-state index is -1.15. The minimum absolute atomic E-state index is 0.160. The molecule has 0 saturated carbocycles. The van der Waals surface area contributed by atoms with Gasteiger partial charge in [-0.05, 0) is 43.7 Å². The zero-order valence-electron chi connectivity index (χ0n) is 17.1. The van der Waals surface area contributed by atoms with Crippen molar-refractivity contribution in [2.75, 3.05) is 19.9 Å². The first kappa shape index (κ1) is 21.5. The van der Waals surface area contributed by atoms with E-state index in [4.69, 9.17) is 21.1 Å². The number of nitrogens with one attached hydrogen (secondary N) is 1. The molecule has 1 fully saturated rings. The second-order valence-corrected chi connectivity index (χ2v) is 9.43. The van der Waals surface area contributed by atoms with Crippen molar-refractivity contribution in [1.82, 2.24) is 15.1 Å². The lowest BCUT2D eigenvalue weighted by atomic mass is 9.92. The van der Waals surface area contributed by atoms with Gasteiger partial charge in [0.25, 0.3) is 5.91 Å². The summed E-state index contributed by atoms with van der Waals surface area (Å²) in [7, 11) is 0. The molecule has 31 heavy (non-hydrogen) atoms. The maximum absolute atomic E-state index is 13.1. The molecule has 3 heterocycles. The fourth-order valence-electron chi connectivity index (χ4n) is 3.71. The van der Waals surface area contributed by atoms with Crippen LogP contribution in [0.5, 0.6) is 11.5 Å². The number of hydrogen-bond acceptors (Lipinski definition) is 6. The molecule has 2 aliphatic heterocycles. The lowest BCUT2D eigenvalue weighted by Gasteiger charge is -2.24. The average Bonchev–Trinajstić information content (AvgIpc) is 3.41. The molecule has 0 bridgehead atoms. The Labute approximate surface area is 188 Å². The Balaban J connectivity index is 1.44. The summed E-state index contributed by atoms with van der Waals surface area (Å²) in [5, 5.41) is 2.74. The normalized spacial score (nSPS) is 19.6. The number of hydrogen-bond donors (Lipinski definition) is 1. The van der Waals surface area contributed by atoms with E-state index in [1.165, 1.54) is 11.3 Å². The SMILES string of the molecule is CCN(Cc1ccc(Cl)s1)C(=O)CN1C(=O)N[C@@](C)(Cc2ccc3c(c2)OCO3)C1=O. The van der Waals surface area contributed by atoms with Gasteiger partial charge in [0.2, 0.25) is 12.7 Å². The monoisotopic (exact) mass is 463 g/mol. The van der Waals surface area contributed by atoms with E-state index in [1.807, 2.05) is 19.1 Å². The number of fused-ring (bicyclic) bond motifs is 1. The molecular formula is C21H22ClN3O5S. The molecule has 0 radical (unpaired) electrons. The Morgan fingerprint density at radius 1 is 1.26 bits per heavy atom. The fourth-order valence-corrected chi connectivity index (χ4v) is 4.81. The quantitative estimate of drug-likeness (QED) is 0.637. The number of likely N-dealkylation sites (N-methyl/N-ethyl adjacent to an activating group) is 1. The standard InChI is InChI=1S/C21H22ClN3O5S/c1-3-24(10-14-5-7-17(22)31-14)18(26)11-25-19(27)21(2,23-20(25)28)9-13-4-6-15-16(8-13)30-12-29-15/h4-8H,3,9-12H2,1-2H3,(H,23,28)/t21-/m0/s1. The van der Waals surface area contributed by atoms with E-state index in [0.29, 0.717) is 28.9 Å². The molecular weight excluding hydrogens is 442 g/mol. The highest BCUT2D eigenvalue weighted by molar-refractivity contribution is 7.16. The highest BCUT2D eigenvalue weighted by Crippen LogP contribution is 2.34. The Morgan fingerprint density at radius 3 is 2.74 bits per heavy atom. The second-order valence-electron chi connectivity index (χ2n) is 7.63. The number of imide groups is 1. The number of thiophene rings is 1. The molecule has 2 aromatic rings. The minimum Gasteiger partial charge on any atom is -0.454 e. The molecule has 4 rings (SSSR count). The molecule has 8 nitrogen and oxygen atoms in total. The third kappa shape index (κ3) is 4.33. The first-order valence-corrected chi connectivity index (χ1v) is 11.0. The molecule has 4 amide bonds. The second kappa shape index (κ2) is 8.39. The van der Waals surface area contributed by atoms with Crippen LogP contribution in [-0.4, -0.2) is 53.1 Å². The van der Waals surface area contributed by atoms with Crippen molar-refractivity contribution in [1.29, 1.82) is 0 Å². The fraction of sp³-hybridized carbons (Fsp3) is 0.381. The Hall–Kier alpha value is -2.78. The number of carbonyl (C=O) groups excluding carboxylic acids is 3. The smallest absolute Gasteiger partial charge is 0.325 e. The number of benzene rings is 1. The van der Waals surface area contributed by atoms with Gasteiger partial charge in [-0.25, -0.2) is 4.79 Å². The van der Waals surface area contributed by atoms with Crippen LogP contribution in [0.25, 0.3) is 0 Å². The summed E-state index contributed by atoms with van der Waals surface area (Å²) in [6, 6.07) is 8.47. The highest BCUT2D eigenvalue weighted by Gasteiger charge is 2.48. The molecule has 0 spiro atoms. The number of amides is 4. The number of rotatable bonds is 7. The van der Waals surface area contributed by atoms with Gasteiger partial charge in [-0.15, -0.1) is 11.3 Å². The molecule has 164 valence electrons. The van der Waals surface area contributed by atoms with Crippen LogP contribution in [0.15, 0.2) is 30.3 Å². The van der Waals surface area contributed by atoms with Crippen molar-refractivity contribution < 1.29 is 23.9 Å². The molecule has 1 atom stereocenters. The van der Waals surface area contributed by atoms with Crippen LogP contribution >= 0.6 is 22.9 Å². The van der Waals surface area contributed by atoms with E-state index < -0.39 is 17.5 Å². The first-order valence-electron chi connectivity index (χ1n) is 9.83. The van der Waals surface area contributed by atoms with Crippen LogP contribution < -0.4 is 14.8 Å². The summed E-state index contributed by atoms with van der Waals surface area (Å²) >= 11 is 7.36. The summed E-state index contributed by atoms with van der Waals surface area (Å²) in [6.45, 7) is 4.19. The highest BCUT2D eigenvalue weighted by atomic mass is 35.5. The summed E-state index contributed by atoms with van der Waals surface area (Å²) in [5.74, 6) is 0.522. The summed E-state index contributed by atoms with van der Waals surface area (Å²) < 4.78 is 11.3.